The van der Waals surface area contributed by atoms with Crippen LogP contribution in [0.1, 0.15) is 322 Å². The number of hydrogen-bond acceptors (Lipinski definition) is 14. The minimum Gasteiger partial charge on any atom is -0.457 e. The van der Waals surface area contributed by atoms with Gasteiger partial charge in [-0.15, -0.1) is 0 Å². The number of esters is 1. The number of aliphatic hydroxyl groups excluding tert-OH is 7. The molecule has 2 fully saturated rings. The van der Waals surface area contributed by atoms with Crippen LogP contribution in [0.25, 0.3) is 0 Å². The Bertz CT molecular complexity index is 1420. The molecule has 0 aliphatic carbocycles. The number of unbranched alkanes of at least 4 members (excludes halogenated alkanes) is 44. The molecule has 0 bridgehead atoms. The molecule has 0 aromatic heterocycles. The average Bonchev–Trinajstić information content (AvgIpc) is 3.49. The minimum atomic E-state index is -1.70. The van der Waals surface area contributed by atoms with Gasteiger partial charge in [0.1, 0.15) is 54.9 Å². The van der Waals surface area contributed by atoms with E-state index in [1.807, 2.05) is 0 Å². The Labute approximate surface area is 507 Å². The predicted octanol–water partition coefficient (Wildman–Crippen LogP) is 14.9. The molecule has 83 heavy (non-hydrogen) atoms. The summed E-state index contributed by atoms with van der Waals surface area (Å²) >= 11 is 0. The number of rotatable bonds is 60. The largest absolute Gasteiger partial charge is 0.457 e. The first-order valence-electron chi connectivity index (χ1n) is 35.3. The number of hydrogen-bond donors (Lipinski definition) is 7. The maximum Gasteiger partial charge on any atom is 0.306 e. The summed E-state index contributed by atoms with van der Waals surface area (Å²) in [4.78, 5) is 13.2. The van der Waals surface area contributed by atoms with Gasteiger partial charge in [-0.05, 0) is 38.5 Å². The van der Waals surface area contributed by atoms with Crippen molar-refractivity contribution in [2.75, 3.05) is 33.0 Å². The molecular weight excluding hydrogens is 1050 g/mol. The van der Waals surface area contributed by atoms with Gasteiger partial charge in [0.2, 0.25) is 0 Å². The molecule has 2 rings (SSSR count). The van der Waals surface area contributed by atoms with E-state index in [0.29, 0.717) is 13.0 Å². The van der Waals surface area contributed by atoms with Gasteiger partial charge in [0.15, 0.2) is 12.6 Å². The molecule has 0 radical (unpaired) electrons. The van der Waals surface area contributed by atoms with Crippen molar-refractivity contribution in [1.29, 1.82) is 0 Å². The molecule has 14 nitrogen and oxygen atoms in total. The maximum absolute atomic E-state index is 13.2. The Balaban J connectivity index is 1.62. The third-order valence-electron chi connectivity index (χ3n) is 17.3. The van der Waals surface area contributed by atoms with Gasteiger partial charge in [-0.25, -0.2) is 0 Å². The van der Waals surface area contributed by atoms with Crippen LogP contribution in [0.4, 0.5) is 0 Å². The van der Waals surface area contributed by atoms with E-state index < -0.39 is 80.7 Å². The van der Waals surface area contributed by atoms with Gasteiger partial charge < -0.3 is 64.2 Å². The standard InChI is InChI=1S/C69H132O14/c1-3-5-7-9-11-13-15-17-19-21-23-25-27-28-29-31-33-35-37-39-41-43-45-47-49-51-53-78-55-58(56-79-68-67(77)65(75)63(73)60(83-68)57-80-69-66(76)64(74)62(72)59(54-70)82-69)81-61(71)52-50-48-46-44-42-40-38-36-34-32-30-26-24-22-20-18-16-14-12-10-8-6-4-2/h22,24,58-60,62-70,72-77H,3-21,23,25-57H2,1-2H3/b24-22-. The molecule has 2 heterocycles. The average molecular weight is 1190 g/mol. The number of aliphatic hydroxyl groups is 7. The van der Waals surface area contributed by atoms with Crippen LogP contribution < -0.4 is 0 Å². The van der Waals surface area contributed by atoms with Crippen LogP contribution in [0.5, 0.6) is 0 Å². The van der Waals surface area contributed by atoms with E-state index >= 15 is 0 Å². The van der Waals surface area contributed by atoms with Gasteiger partial charge in [-0.1, -0.05) is 289 Å². The molecule has 0 amide bonds. The lowest BCUT2D eigenvalue weighted by Gasteiger charge is -2.42. The van der Waals surface area contributed by atoms with Gasteiger partial charge in [0, 0.05) is 13.0 Å². The number of carbonyl (C=O) groups is 1. The molecule has 492 valence electrons. The fourth-order valence-corrected chi connectivity index (χ4v) is 11.6. The zero-order chi connectivity index (χ0) is 60.1. The Morgan fingerprint density at radius 2 is 0.711 bits per heavy atom. The highest BCUT2D eigenvalue weighted by Crippen LogP contribution is 2.27. The Hall–Kier alpha value is -1.27. The van der Waals surface area contributed by atoms with Crippen molar-refractivity contribution in [3.8, 4) is 0 Å². The summed E-state index contributed by atoms with van der Waals surface area (Å²) in [6, 6.07) is 0. The van der Waals surface area contributed by atoms with Crippen molar-refractivity contribution in [2.45, 2.75) is 390 Å². The second-order valence-electron chi connectivity index (χ2n) is 25.1. The first-order valence-corrected chi connectivity index (χ1v) is 35.3. The van der Waals surface area contributed by atoms with Crippen molar-refractivity contribution in [3.63, 3.8) is 0 Å². The molecule has 0 spiro atoms. The van der Waals surface area contributed by atoms with E-state index in [1.54, 1.807) is 0 Å². The molecule has 11 atom stereocenters. The van der Waals surface area contributed by atoms with E-state index in [9.17, 15) is 40.5 Å². The van der Waals surface area contributed by atoms with Gasteiger partial charge in [0.05, 0.1) is 26.4 Å². The minimum absolute atomic E-state index is 0.0687. The van der Waals surface area contributed by atoms with E-state index in [-0.39, 0.29) is 25.6 Å². The quantitative estimate of drug-likeness (QED) is 0.0171. The molecule has 11 unspecified atom stereocenters. The summed E-state index contributed by atoms with van der Waals surface area (Å²) in [6.07, 6.45) is 50.1. The Morgan fingerprint density at radius 3 is 1.10 bits per heavy atom. The van der Waals surface area contributed by atoms with Gasteiger partial charge in [0.25, 0.3) is 0 Å². The number of carbonyl (C=O) groups excluding carboxylic acids is 1. The van der Waals surface area contributed by atoms with Crippen molar-refractivity contribution >= 4 is 5.97 Å². The van der Waals surface area contributed by atoms with Crippen LogP contribution >= 0.6 is 0 Å². The van der Waals surface area contributed by atoms with Crippen molar-refractivity contribution in [2.24, 2.45) is 0 Å². The van der Waals surface area contributed by atoms with Crippen molar-refractivity contribution in [3.05, 3.63) is 12.2 Å². The maximum atomic E-state index is 13.2. The third-order valence-corrected chi connectivity index (χ3v) is 17.3. The Kier molecular flexibility index (Phi) is 52.5. The molecule has 2 aliphatic rings. The molecule has 0 aromatic rings. The third kappa shape index (κ3) is 41.6. The summed E-state index contributed by atoms with van der Waals surface area (Å²) in [5, 5.41) is 72.6. The molecule has 14 heteroatoms. The van der Waals surface area contributed by atoms with Gasteiger partial charge in [-0.2, -0.15) is 0 Å². The fourth-order valence-electron chi connectivity index (χ4n) is 11.6. The lowest BCUT2D eigenvalue weighted by molar-refractivity contribution is -0.332. The summed E-state index contributed by atoms with van der Waals surface area (Å²) in [7, 11) is 0. The molecule has 0 aromatic carbocycles. The molecule has 7 N–H and O–H groups in total. The highest BCUT2D eigenvalue weighted by molar-refractivity contribution is 5.69. The van der Waals surface area contributed by atoms with Crippen LogP contribution in [-0.4, -0.2) is 142 Å². The number of allylic oxidation sites excluding steroid dienone is 2. The number of ether oxygens (including phenoxy) is 6. The van der Waals surface area contributed by atoms with Crippen molar-refractivity contribution < 1.29 is 69.0 Å². The van der Waals surface area contributed by atoms with Crippen LogP contribution in [0.2, 0.25) is 0 Å². The second-order valence-corrected chi connectivity index (χ2v) is 25.1. The zero-order valence-electron chi connectivity index (χ0n) is 53.5. The normalized spacial score (nSPS) is 23.4. The highest BCUT2D eigenvalue weighted by Gasteiger charge is 2.47. The van der Waals surface area contributed by atoms with Gasteiger partial charge in [-0.3, -0.25) is 4.79 Å². The first-order chi connectivity index (χ1) is 40.6. The van der Waals surface area contributed by atoms with Crippen LogP contribution in [0, 0.1) is 0 Å². The van der Waals surface area contributed by atoms with E-state index in [2.05, 4.69) is 26.0 Å². The lowest BCUT2D eigenvalue weighted by Crippen LogP contribution is -2.61. The SMILES string of the molecule is CCCCCCCCCC/C=C\CCCCCCCCCCCCCC(=O)OC(COCCCCCCCCCCCCCCCCCCCCCCCCCCCC)COC1OC(COC2OC(CO)C(O)C(O)C2O)C(O)C(O)C1O. The van der Waals surface area contributed by atoms with Crippen LogP contribution in [0.15, 0.2) is 12.2 Å². The zero-order valence-corrected chi connectivity index (χ0v) is 53.5. The molecule has 2 saturated heterocycles. The summed E-state index contributed by atoms with van der Waals surface area (Å²) < 4.78 is 34.6. The smallest absolute Gasteiger partial charge is 0.306 e. The second kappa shape index (κ2) is 56.0. The van der Waals surface area contributed by atoms with Crippen molar-refractivity contribution in [1.82, 2.24) is 0 Å². The summed E-state index contributed by atoms with van der Waals surface area (Å²) in [6.45, 7) is 3.78. The van der Waals surface area contributed by atoms with Crippen LogP contribution in [0.3, 0.4) is 0 Å². The molecular formula is C69H132O14. The highest BCUT2D eigenvalue weighted by atomic mass is 16.7. The topological polar surface area (TPSA) is 214 Å². The molecule has 2 aliphatic heterocycles. The Morgan fingerprint density at radius 1 is 0.386 bits per heavy atom. The van der Waals surface area contributed by atoms with Crippen LogP contribution in [-0.2, 0) is 33.2 Å². The van der Waals surface area contributed by atoms with Gasteiger partial charge >= 0.3 is 5.97 Å². The monoisotopic (exact) mass is 1180 g/mol. The molecule has 0 saturated carbocycles. The lowest BCUT2D eigenvalue weighted by atomic mass is 9.98. The first kappa shape index (κ1) is 77.8. The fraction of sp³-hybridized carbons (Fsp3) is 0.957. The summed E-state index contributed by atoms with van der Waals surface area (Å²) in [5.74, 6) is -0.368. The predicted molar refractivity (Wildman–Crippen MR) is 335 cm³/mol. The van der Waals surface area contributed by atoms with E-state index in [0.717, 1.165) is 38.5 Å². The van der Waals surface area contributed by atoms with E-state index in [1.165, 1.54) is 257 Å². The van der Waals surface area contributed by atoms with E-state index in [4.69, 9.17) is 28.4 Å². The summed E-state index contributed by atoms with van der Waals surface area (Å²) in [5.41, 5.74) is 0.